The van der Waals surface area contributed by atoms with Crippen molar-refractivity contribution in [3.8, 4) is 11.1 Å². The normalized spacial score (nSPS) is 11.1. The first-order valence-corrected chi connectivity index (χ1v) is 12.5. The van der Waals surface area contributed by atoms with E-state index in [1.165, 1.54) is 23.1 Å². The van der Waals surface area contributed by atoms with E-state index in [4.69, 9.17) is 21.3 Å². The molecule has 2 aromatic carbocycles. The van der Waals surface area contributed by atoms with Crippen LogP contribution in [0.4, 0.5) is 5.69 Å². The second kappa shape index (κ2) is 10.5. The van der Waals surface area contributed by atoms with Gasteiger partial charge in [-0.05, 0) is 25.1 Å². The Morgan fingerprint density at radius 1 is 1.18 bits per heavy atom. The van der Waals surface area contributed by atoms with Crippen LogP contribution in [0.1, 0.15) is 5.56 Å². The number of carbonyl (C=O) groups excluding carboxylic acids is 1. The lowest BCUT2D eigenvalue weighted by Gasteiger charge is -2.12. The van der Waals surface area contributed by atoms with Crippen molar-refractivity contribution in [1.29, 1.82) is 0 Å². The van der Waals surface area contributed by atoms with E-state index < -0.39 is 0 Å². The standard InChI is InChI=1S/C24H22ClN3O3S2/c1-15-7-9-16(10-8-15)26-20(29)14-33-24-27-22-21(23(30)28(24)11-12-31-2)18(13-32-22)17-5-3-4-6-19(17)25/h3-10,13H,11-12,14H2,1-2H3,(H,26,29). The van der Waals surface area contributed by atoms with Crippen LogP contribution < -0.4 is 10.9 Å². The third-order valence-electron chi connectivity index (χ3n) is 5.01. The number of amides is 1. The first-order chi connectivity index (χ1) is 16.0. The third-order valence-corrected chi connectivity index (χ3v) is 7.19. The number of rotatable bonds is 8. The molecule has 0 aliphatic carbocycles. The molecule has 2 aromatic heterocycles. The number of halogens is 1. The highest BCUT2D eigenvalue weighted by molar-refractivity contribution is 7.99. The van der Waals surface area contributed by atoms with Gasteiger partial charge in [-0.3, -0.25) is 14.2 Å². The summed E-state index contributed by atoms with van der Waals surface area (Å²) in [6, 6.07) is 15.0. The van der Waals surface area contributed by atoms with Crippen molar-refractivity contribution in [2.45, 2.75) is 18.6 Å². The number of nitrogens with zero attached hydrogens (tertiary/aromatic N) is 2. The molecule has 4 rings (SSSR count). The quantitative estimate of drug-likeness (QED) is 0.257. The number of fused-ring (bicyclic) bond motifs is 1. The van der Waals surface area contributed by atoms with Crippen LogP contribution in [0.2, 0.25) is 5.02 Å². The number of anilines is 1. The van der Waals surface area contributed by atoms with Crippen molar-refractivity contribution >= 4 is 56.5 Å². The lowest BCUT2D eigenvalue weighted by molar-refractivity contribution is -0.113. The van der Waals surface area contributed by atoms with E-state index in [2.05, 4.69) is 5.32 Å². The number of hydrogen-bond donors (Lipinski definition) is 1. The molecule has 0 bridgehead atoms. The summed E-state index contributed by atoms with van der Waals surface area (Å²) in [5.41, 5.74) is 3.23. The molecule has 4 aromatic rings. The lowest BCUT2D eigenvalue weighted by atomic mass is 10.1. The molecule has 1 N–H and O–H groups in total. The summed E-state index contributed by atoms with van der Waals surface area (Å²) in [4.78, 5) is 31.3. The van der Waals surface area contributed by atoms with Crippen molar-refractivity contribution < 1.29 is 9.53 Å². The zero-order valence-electron chi connectivity index (χ0n) is 18.1. The molecule has 33 heavy (non-hydrogen) atoms. The van der Waals surface area contributed by atoms with Crippen LogP contribution in [0.25, 0.3) is 21.3 Å². The molecule has 0 aliphatic rings. The fourth-order valence-corrected chi connectivity index (χ4v) is 5.38. The van der Waals surface area contributed by atoms with Crippen LogP contribution in [-0.4, -0.2) is 34.9 Å². The summed E-state index contributed by atoms with van der Waals surface area (Å²) >= 11 is 9.01. The molecule has 6 nitrogen and oxygen atoms in total. The molecule has 1 amide bonds. The predicted molar refractivity (Wildman–Crippen MR) is 137 cm³/mol. The molecule has 2 heterocycles. The number of methoxy groups -OCH3 is 1. The molecule has 0 atom stereocenters. The molecule has 9 heteroatoms. The van der Waals surface area contributed by atoms with E-state index in [1.54, 1.807) is 17.7 Å². The summed E-state index contributed by atoms with van der Waals surface area (Å²) < 4.78 is 6.78. The van der Waals surface area contributed by atoms with Gasteiger partial charge in [0.2, 0.25) is 5.91 Å². The van der Waals surface area contributed by atoms with E-state index in [0.717, 1.165) is 22.4 Å². The second-order valence-corrected chi connectivity index (χ2v) is 9.56. The molecular weight excluding hydrogens is 478 g/mol. The molecule has 0 fully saturated rings. The minimum atomic E-state index is -0.172. The average Bonchev–Trinajstić information content (AvgIpc) is 3.23. The lowest BCUT2D eigenvalue weighted by Crippen LogP contribution is -2.25. The minimum Gasteiger partial charge on any atom is -0.383 e. The van der Waals surface area contributed by atoms with Gasteiger partial charge in [0.25, 0.3) is 5.56 Å². The topological polar surface area (TPSA) is 73.2 Å². The van der Waals surface area contributed by atoms with E-state index in [9.17, 15) is 9.59 Å². The maximum Gasteiger partial charge on any atom is 0.263 e. The first-order valence-electron chi connectivity index (χ1n) is 10.2. The Kier molecular flexibility index (Phi) is 7.49. The Balaban J connectivity index is 1.65. The molecular formula is C24H22ClN3O3S2. The van der Waals surface area contributed by atoms with Gasteiger partial charge in [-0.1, -0.05) is 59.3 Å². The highest BCUT2D eigenvalue weighted by atomic mass is 35.5. The van der Waals surface area contributed by atoms with Gasteiger partial charge in [0, 0.05) is 34.3 Å². The van der Waals surface area contributed by atoms with Gasteiger partial charge >= 0.3 is 0 Å². The van der Waals surface area contributed by atoms with Crippen LogP contribution in [0.3, 0.4) is 0 Å². The highest BCUT2D eigenvalue weighted by Gasteiger charge is 2.19. The maximum absolute atomic E-state index is 13.5. The number of benzene rings is 2. The van der Waals surface area contributed by atoms with Crippen LogP contribution in [0, 0.1) is 6.92 Å². The number of carbonyl (C=O) groups is 1. The van der Waals surface area contributed by atoms with Crippen LogP contribution in [0.15, 0.2) is 63.9 Å². The Bertz CT molecular complexity index is 1350. The van der Waals surface area contributed by atoms with Gasteiger partial charge in [-0.25, -0.2) is 4.98 Å². The minimum absolute atomic E-state index is 0.127. The van der Waals surface area contributed by atoms with E-state index in [0.29, 0.717) is 33.5 Å². The second-order valence-electron chi connectivity index (χ2n) is 7.36. The number of aromatic nitrogens is 2. The molecule has 0 saturated heterocycles. The predicted octanol–water partition coefficient (Wildman–Crippen LogP) is 5.46. The van der Waals surface area contributed by atoms with Crippen molar-refractivity contribution in [2.75, 3.05) is 24.8 Å². The summed E-state index contributed by atoms with van der Waals surface area (Å²) in [6.45, 7) is 2.67. The van der Waals surface area contributed by atoms with Crippen LogP contribution in [-0.2, 0) is 16.1 Å². The highest BCUT2D eigenvalue weighted by Crippen LogP contribution is 2.35. The molecule has 0 unspecified atom stereocenters. The average molecular weight is 500 g/mol. The molecule has 0 radical (unpaired) electrons. The van der Waals surface area contributed by atoms with Gasteiger partial charge < -0.3 is 10.1 Å². The van der Waals surface area contributed by atoms with Crippen molar-refractivity contribution in [3.05, 3.63) is 74.9 Å². The monoisotopic (exact) mass is 499 g/mol. The Hall–Kier alpha value is -2.65. The van der Waals surface area contributed by atoms with Gasteiger partial charge in [0.1, 0.15) is 4.83 Å². The maximum atomic E-state index is 13.5. The Morgan fingerprint density at radius 3 is 2.67 bits per heavy atom. The van der Waals surface area contributed by atoms with Gasteiger partial charge in [0.05, 0.1) is 24.3 Å². The van der Waals surface area contributed by atoms with Crippen LogP contribution >= 0.6 is 34.7 Å². The van der Waals surface area contributed by atoms with E-state index in [-0.39, 0.29) is 17.2 Å². The molecule has 0 aliphatic heterocycles. The summed E-state index contributed by atoms with van der Waals surface area (Å²) in [5, 5.41) is 6.36. The third kappa shape index (κ3) is 5.30. The van der Waals surface area contributed by atoms with Crippen LogP contribution in [0.5, 0.6) is 0 Å². The number of nitrogens with one attached hydrogen (secondary N) is 1. The number of thiophene rings is 1. The Morgan fingerprint density at radius 2 is 1.94 bits per heavy atom. The number of thioether (sulfide) groups is 1. The number of ether oxygens (including phenoxy) is 1. The summed E-state index contributed by atoms with van der Waals surface area (Å²) in [5.74, 6) is -0.0407. The zero-order chi connectivity index (χ0) is 23.4. The molecule has 0 spiro atoms. The van der Waals surface area contributed by atoms with E-state index >= 15 is 0 Å². The van der Waals surface area contributed by atoms with Crippen molar-refractivity contribution in [3.63, 3.8) is 0 Å². The Labute approximate surface area is 204 Å². The van der Waals surface area contributed by atoms with Gasteiger partial charge in [0.15, 0.2) is 5.16 Å². The number of aryl methyl sites for hydroxylation is 1. The van der Waals surface area contributed by atoms with Crippen molar-refractivity contribution in [1.82, 2.24) is 9.55 Å². The molecule has 0 saturated carbocycles. The van der Waals surface area contributed by atoms with E-state index in [1.807, 2.05) is 54.8 Å². The summed E-state index contributed by atoms with van der Waals surface area (Å²) in [7, 11) is 1.58. The SMILES string of the molecule is COCCn1c(SCC(=O)Nc2ccc(C)cc2)nc2scc(-c3ccccc3Cl)c2c1=O. The van der Waals surface area contributed by atoms with Gasteiger partial charge in [-0.15, -0.1) is 11.3 Å². The fraction of sp³-hybridized carbons (Fsp3) is 0.208. The molecule has 170 valence electrons. The fourth-order valence-electron chi connectivity index (χ4n) is 3.34. The van der Waals surface area contributed by atoms with Crippen molar-refractivity contribution in [2.24, 2.45) is 0 Å². The zero-order valence-corrected chi connectivity index (χ0v) is 20.5. The smallest absolute Gasteiger partial charge is 0.263 e. The summed E-state index contributed by atoms with van der Waals surface area (Å²) in [6.07, 6.45) is 0. The number of hydrogen-bond acceptors (Lipinski definition) is 6. The first kappa shape index (κ1) is 23.5. The van der Waals surface area contributed by atoms with Gasteiger partial charge in [-0.2, -0.15) is 0 Å². The largest absolute Gasteiger partial charge is 0.383 e.